The third-order valence-electron chi connectivity index (χ3n) is 6.63. The molecule has 36 heavy (non-hydrogen) atoms. The predicted octanol–water partition coefficient (Wildman–Crippen LogP) is 4.14. The van der Waals surface area contributed by atoms with Gasteiger partial charge in [0.25, 0.3) is 0 Å². The highest BCUT2D eigenvalue weighted by molar-refractivity contribution is 8.05. The molecule has 7 nitrogen and oxygen atoms in total. The summed E-state index contributed by atoms with van der Waals surface area (Å²) in [6, 6.07) is 22.2. The zero-order chi connectivity index (χ0) is 24.9. The zero-order valence-electron chi connectivity index (χ0n) is 19.0. The summed E-state index contributed by atoms with van der Waals surface area (Å²) in [6.07, 6.45) is 0.196. The average Bonchev–Trinajstić information content (AvgIpc) is 3.25. The first-order valence-corrected chi connectivity index (χ1v) is 13.4. The summed E-state index contributed by atoms with van der Waals surface area (Å²) < 4.78 is 4.77. The Kier molecular flexibility index (Phi) is 5.69. The summed E-state index contributed by atoms with van der Waals surface area (Å²) in [6.45, 7) is 0.0761. The first kappa shape index (κ1) is 23.0. The first-order valence-electron chi connectivity index (χ1n) is 11.5. The molecule has 1 unspecified atom stereocenters. The minimum atomic E-state index is -1.20. The molecule has 0 bridgehead atoms. The van der Waals surface area contributed by atoms with Crippen molar-refractivity contribution >= 4 is 63.2 Å². The van der Waals surface area contributed by atoms with Crippen LogP contribution in [0.2, 0.25) is 0 Å². The van der Waals surface area contributed by atoms with Crippen LogP contribution in [0.15, 0.2) is 82.1 Å². The summed E-state index contributed by atoms with van der Waals surface area (Å²) >= 11 is 2.64. The van der Waals surface area contributed by atoms with E-state index in [-0.39, 0.29) is 30.2 Å². The Morgan fingerprint density at radius 3 is 2.61 bits per heavy atom. The summed E-state index contributed by atoms with van der Waals surface area (Å²) in [5, 5.41) is 14.8. The van der Waals surface area contributed by atoms with Crippen molar-refractivity contribution < 1.29 is 23.9 Å². The molecule has 6 rings (SSSR count). The van der Waals surface area contributed by atoms with Crippen LogP contribution in [0.25, 0.3) is 21.9 Å². The average molecular weight is 519 g/mol. The van der Waals surface area contributed by atoms with Gasteiger partial charge in [-0.25, -0.2) is 0 Å². The molecule has 0 aliphatic carbocycles. The van der Waals surface area contributed by atoms with Gasteiger partial charge < -0.3 is 19.7 Å². The Morgan fingerprint density at radius 1 is 1.06 bits per heavy atom. The van der Waals surface area contributed by atoms with Crippen LogP contribution in [0.1, 0.15) is 5.56 Å². The van der Waals surface area contributed by atoms with E-state index in [0.717, 1.165) is 26.8 Å². The Bertz CT molecular complexity index is 1500. The van der Waals surface area contributed by atoms with Gasteiger partial charge in [0, 0.05) is 28.0 Å². The van der Waals surface area contributed by atoms with E-state index in [1.165, 1.54) is 23.5 Å². The standard InChI is InChI=1S/C27H22N2O5S2/c30-22(12-16-6-2-1-3-7-16)28-23-24(31)29-14-27(26(32)33,15-35-25(23)29)36-17-10-11-19-18-8-4-5-9-20(18)34-21(19)13-17/h1-11,13,23,25H,12,14-15H2,(H,28,30)(H,32,33)/t23-,25-,27?/m1/s1. The van der Waals surface area contributed by atoms with Gasteiger partial charge >= 0.3 is 5.97 Å². The number of amides is 2. The molecule has 2 aliphatic heterocycles. The molecule has 0 spiro atoms. The van der Waals surface area contributed by atoms with Gasteiger partial charge in [0.05, 0.1) is 6.42 Å². The van der Waals surface area contributed by atoms with Crippen LogP contribution < -0.4 is 5.32 Å². The van der Waals surface area contributed by atoms with Crippen molar-refractivity contribution in [2.75, 3.05) is 12.3 Å². The molecule has 2 amide bonds. The van der Waals surface area contributed by atoms with E-state index in [0.29, 0.717) is 11.3 Å². The van der Waals surface area contributed by atoms with E-state index in [1.54, 1.807) is 4.90 Å². The van der Waals surface area contributed by atoms with Crippen LogP contribution in [0.5, 0.6) is 0 Å². The third kappa shape index (κ3) is 3.92. The second kappa shape index (κ2) is 8.90. The molecule has 0 saturated carbocycles. The monoisotopic (exact) mass is 518 g/mol. The number of carbonyl (C=O) groups excluding carboxylic acids is 2. The molecule has 9 heteroatoms. The SMILES string of the molecule is O=C(Cc1ccccc1)N[C@@H]1C(=O)N2CC(Sc3ccc4c(c3)oc3ccccc34)(C(=O)O)CS[C@H]12. The van der Waals surface area contributed by atoms with Gasteiger partial charge in [-0.15, -0.1) is 23.5 Å². The smallest absolute Gasteiger partial charge is 0.322 e. The highest BCUT2D eigenvalue weighted by Gasteiger charge is 2.58. The van der Waals surface area contributed by atoms with Crippen LogP contribution in [-0.4, -0.2) is 56.3 Å². The highest BCUT2D eigenvalue weighted by atomic mass is 32.2. The van der Waals surface area contributed by atoms with Gasteiger partial charge in [0.1, 0.15) is 27.3 Å². The molecule has 3 heterocycles. The van der Waals surface area contributed by atoms with Gasteiger partial charge in [0.2, 0.25) is 11.8 Å². The molecule has 3 aromatic carbocycles. The van der Waals surface area contributed by atoms with E-state index in [2.05, 4.69) is 5.32 Å². The van der Waals surface area contributed by atoms with E-state index < -0.39 is 16.8 Å². The number of nitrogens with one attached hydrogen (secondary N) is 1. The molecule has 2 saturated heterocycles. The summed E-state index contributed by atoms with van der Waals surface area (Å²) in [7, 11) is 0. The normalized spacial score (nSPS) is 23.3. The minimum Gasteiger partial charge on any atom is -0.480 e. The second-order valence-corrected chi connectivity index (χ2v) is 11.6. The van der Waals surface area contributed by atoms with Crippen LogP contribution in [0.4, 0.5) is 0 Å². The third-order valence-corrected chi connectivity index (χ3v) is 9.67. The molecule has 4 aromatic rings. The van der Waals surface area contributed by atoms with Crippen LogP contribution >= 0.6 is 23.5 Å². The van der Waals surface area contributed by atoms with Crippen molar-refractivity contribution in [2.24, 2.45) is 0 Å². The van der Waals surface area contributed by atoms with Gasteiger partial charge in [-0.3, -0.25) is 14.4 Å². The maximum atomic E-state index is 12.9. The second-order valence-electron chi connectivity index (χ2n) is 9.03. The number of para-hydroxylation sites is 1. The quantitative estimate of drug-likeness (QED) is 0.370. The number of carboxylic acids is 1. The van der Waals surface area contributed by atoms with E-state index in [9.17, 15) is 19.5 Å². The number of benzene rings is 3. The lowest BCUT2D eigenvalue weighted by atomic mass is 10.0. The molecule has 0 radical (unpaired) electrons. The predicted molar refractivity (Wildman–Crippen MR) is 140 cm³/mol. The maximum absolute atomic E-state index is 12.9. The van der Waals surface area contributed by atoms with Gasteiger partial charge in [0.15, 0.2) is 0 Å². The van der Waals surface area contributed by atoms with Crippen molar-refractivity contribution in [3.8, 4) is 0 Å². The summed E-state index contributed by atoms with van der Waals surface area (Å²) in [5.74, 6) is -1.12. The fourth-order valence-electron chi connectivity index (χ4n) is 4.79. The molecule has 2 aliphatic rings. The first-order chi connectivity index (χ1) is 17.4. The van der Waals surface area contributed by atoms with Crippen LogP contribution in [-0.2, 0) is 20.8 Å². The van der Waals surface area contributed by atoms with Gasteiger partial charge in [-0.2, -0.15) is 0 Å². The van der Waals surface area contributed by atoms with E-state index in [4.69, 9.17) is 4.42 Å². The lowest BCUT2D eigenvalue weighted by Gasteiger charge is -2.53. The lowest BCUT2D eigenvalue weighted by molar-refractivity contribution is -0.152. The fraction of sp³-hybridized carbons (Fsp3) is 0.222. The van der Waals surface area contributed by atoms with E-state index in [1.807, 2.05) is 72.8 Å². The maximum Gasteiger partial charge on any atom is 0.322 e. The largest absolute Gasteiger partial charge is 0.480 e. The lowest BCUT2D eigenvalue weighted by Crippen LogP contribution is -2.74. The number of furan rings is 1. The van der Waals surface area contributed by atoms with Gasteiger partial charge in [-0.05, 0) is 29.8 Å². The van der Waals surface area contributed by atoms with E-state index >= 15 is 0 Å². The number of nitrogens with zero attached hydrogens (tertiary/aromatic N) is 1. The Labute approximate surface area is 215 Å². The zero-order valence-corrected chi connectivity index (χ0v) is 20.7. The highest BCUT2D eigenvalue weighted by Crippen LogP contribution is 2.47. The van der Waals surface area contributed by atoms with Crippen molar-refractivity contribution in [1.82, 2.24) is 10.2 Å². The molecular weight excluding hydrogens is 496 g/mol. The molecular formula is C27H22N2O5S2. The van der Waals surface area contributed by atoms with Crippen molar-refractivity contribution in [2.45, 2.75) is 27.5 Å². The number of thioether (sulfide) groups is 2. The summed E-state index contributed by atoms with van der Waals surface area (Å²) in [5.41, 5.74) is 2.35. The molecule has 2 fully saturated rings. The fourth-order valence-corrected chi connectivity index (χ4v) is 7.66. The van der Waals surface area contributed by atoms with Crippen molar-refractivity contribution in [3.05, 3.63) is 78.4 Å². The van der Waals surface area contributed by atoms with Crippen LogP contribution in [0, 0.1) is 0 Å². The Balaban J connectivity index is 1.17. The number of carboxylic acid groups (broad SMARTS) is 1. The Hall–Kier alpha value is -3.43. The van der Waals surface area contributed by atoms with Crippen molar-refractivity contribution in [3.63, 3.8) is 0 Å². The number of carbonyl (C=O) groups is 3. The number of aliphatic carboxylic acids is 1. The number of hydrogen-bond acceptors (Lipinski definition) is 6. The Morgan fingerprint density at radius 2 is 1.81 bits per heavy atom. The molecule has 182 valence electrons. The molecule has 3 atom stereocenters. The number of hydrogen-bond donors (Lipinski definition) is 2. The summed E-state index contributed by atoms with van der Waals surface area (Å²) in [4.78, 5) is 40.2. The number of rotatable bonds is 6. The van der Waals surface area contributed by atoms with Crippen LogP contribution in [0.3, 0.4) is 0 Å². The van der Waals surface area contributed by atoms with Gasteiger partial charge in [-0.1, -0.05) is 48.5 Å². The number of fused-ring (bicyclic) bond motifs is 4. The van der Waals surface area contributed by atoms with Crippen molar-refractivity contribution in [1.29, 1.82) is 0 Å². The molecule has 2 N–H and O–H groups in total. The minimum absolute atomic E-state index is 0.0761. The topological polar surface area (TPSA) is 99.9 Å². The number of β-lactam (4-membered cyclic amide) rings is 1. The molecule has 1 aromatic heterocycles.